The van der Waals surface area contributed by atoms with E-state index in [1.54, 1.807) is 40.7 Å². The van der Waals surface area contributed by atoms with Crippen LogP contribution in [0.3, 0.4) is 0 Å². The lowest BCUT2D eigenvalue weighted by atomic mass is 10.0. The highest BCUT2D eigenvalue weighted by molar-refractivity contribution is 7.89. The Morgan fingerprint density at radius 2 is 1.64 bits per heavy atom. The predicted molar refractivity (Wildman–Crippen MR) is 140 cm³/mol. The number of halogens is 1. The van der Waals surface area contributed by atoms with Gasteiger partial charge in [-0.3, -0.25) is 9.74 Å². The second-order valence-corrected chi connectivity index (χ2v) is 11.7. The largest absolute Gasteiger partial charge is 0.457 e. The van der Waals surface area contributed by atoms with E-state index < -0.39 is 21.3 Å². The maximum Gasteiger partial charge on any atom is 0.221 e. The molecule has 0 amide bonds. The van der Waals surface area contributed by atoms with E-state index in [2.05, 4.69) is 17.0 Å². The molecule has 190 valence electrons. The zero-order valence-corrected chi connectivity index (χ0v) is 21.7. The lowest BCUT2D eigenvalue weighted by Gasteiger charge is -2.36. The summed E-state index contributed by atoms with van der Waals surface area (Å²) in [4.78, 5) is 8.04. The Bertz CT molecular complexity index is 1270. The van der Waals surface area contributed by atoms with Crippen molar-refractivity contribution in [3.8, 4) is 11.5 Å². The fourth-order valence-corrected chi connectivity index (χ4v) is 6.91. The second kappa shape index (κ2) is 10.9. The molecule has 9 heteroatoms. The summed E-state index contributed by atoms with van der Waals surface area (Å²) in [5.41, 5.74) is 2.07. The molecule has 0 radical (unpaired) electrons. The van der Waals surface area contributed by atoms with Crippen LogP contribution in [0, 0.1) is 0 Å². The van der Waals surface area contributed by atoms with Crippen LogP contribution in [0.1, 0.15) is 17.2 Å². The molecule has 7 nitrogen and oxygen atoms in total. The molecule has 0 aromatic heterocycles. The fraction of sp³-hybridized carbons (Fsp3) is 0.333. The van der Waals surface area contributed by atoms with Crippen LogP contribution in [0.4, 0.5) is 0 Å². The van der Waals surface area contributed by atoms with Crippen LogP contribution in [0.15, 0.2) is 78.9 Å². The Morgan fingerprint density at radius 3 is 2.36 bits per heavy atom. The van der Waals surface area contributed by atoms with Gasteiger partial charge in [0.2, 0.25) is 10.0 Å². The van der Waals surface area contributed by atoms with E-state index in [1.807, 2.05) is 42.5 Å². The summed E-state index contributed by atoms with van der Waals surface area (Å²) in [6.07, 6.45) is 0. The molecule has 2 fully saturated rings. The molecular weight excluding hydrogens is 498 g/mol. The summed E-state index contributed by atoms with van der Waals surface area (Å²) < 4.78 is 35.1. The SMILES string of the molecule is CN1OCC(S(=O)(=O)N2CCN(Cc3ccccc3)CC2)C1c1cccc(Oc2ccc(Cl)cc2)c1. The summed E-state index contributed by atoms with van der Waals surface area (Å²) in [5.74, 6) is 1.28. The van der Waals surface area contributed by atoms with Crippen LogP contribution in [0.25, 0.3) is 0 Å². The normalized spacial score (nSPS) is 22.1. The first-order valence-corrected chi connectivity index (χ1v) is 13.9. The van der Waals surface area contributed by atoms with E-state index in [-0.39, 0.29) is 6.61 Å². The van der Waals surface area contributed by atoms with Gasteiger partial charge >= 0.3 is 0 Å². The number of hydroxylamine groups is 2. The van der Waals surface area contributed by atoms with Crippen molar-refractivity contribution in [2.75, 3.05) is 39.8 Å². The molecule has 2 aliphatic rings. The van der Waals surface area contributed by atoms with Crippen molar-refractivity contribution >= 4 is 21.6 Å². The molecule has 2 atom stereocenters. The lowest BCUT2D eigenvalue weighted by molar-refractivity contribution is -0.110. The monoisotopic (exact) mass is 527 g/mol. The van der Waals surface area contributed by atoms with Crippen LogP contribution in [-0.4, -0.2) is 67.8 Å². The molecule has 0 spiro atoms. The topological polar surface area (TPSA) is 62.3 Å². The van der Waals surface area contributed by atoms with Crippen molar-refractivity contribution in [2.24, 2.45) is 0 Å². The minimum atomic E-state index is -3.58. The van der Waals surface area contributed by atoms with Gasteiger partial charge in [0.1, 0.15) is 16.7 Å². The fourth-order valence-electron chi connectivity index (χ4n) is 4.85. The summed E-state index contributed by atoms with van der Waals surface area (Å²) in [6, 6.07) is 24.5. The van der Waals surface area contributed by atoms with Crippen molar-refractivity contribution in [1.82, 2.24) is 14.3 Å². The summed E-state index contributed by atoms with van der Waals surface area (Å²) >= 11 is 5.97. The molecule has 2 saturated heterocycles. The molecule has 3 aromatic rings. The number of piperazine rings is 1. The van der Waals surface area contributed by atoms with Gasteiger partial charge in [0.05, 0.1) is 12.6 Å². The number of hydrogen-bond acceptors (Lipinski definition) is 6. The van der Waals surface area contributed by atoms with Crippen LogP contribution >= 0.6 is 11.6 Å². The Kier molecular flexibility index (Phi) is 7.62. The second-order valence-electron chi connectivity index (χ2n) is 9.16. The number of sulfonamides is 1. The van der Waals surface area contributed by atoms with Gasteiger partial charge < -0.3 is 4.74 Å². The maximum absolute atomic E-state index is 13.7. The van der Waals surface area contributed by atoms with E-state index in [0.29, 0.717) is 42.7 Å². The first-order chi connectivity index (χ1) is 17.4. The van der Waals surface area contributed by atoms with Gasteiger partial charge in [-0.25, -0.2) is 8.42 Å². The van der Waals surface area contributed by atoms with Gasteiger partial charge in [0, 0.05) is 44.8 Å². The number of hydrogen-bond donors (Lipinski definition) is 0. The summed E-state index contributed by atoms with van der Waals surface area (Å²) in [7, 11) is -1.80. The minimum absolute atomic E-state index is 0.121. The van der Waals surface area contributed by atoms with Crippen molar-refractivity contribution < 1.29 is 18.0 Å². The summed E-state index contributed by atoms with van der Waals surface area (Å²) in [5, 5.41) is 1.58. The smallest absolute Gasteiger partial charge is 0.221 e. The molecule has 36 heavy (non-hydrogen) atoms. The van der Waals surface area contributed by atoms with Gasteiger partial charge in [-0.05, 0) is 47.5 Å². The van der Waals surface area contributed by atoms with Crippen molar-refractivity contribution in [1.29, 1.82) is 0 Å². The Morgan fingerprint density at radius 1 is 0.917 bits per heavy atom. The maximum atomic E-state index is 13.7. The van der Waals surface area contributed by atoms with E-state index in [0.717, 1.165) is 12.1 Å². The van der Waals surface area contributed by atoms with Crippen LogP contribution in [0.5, 0.6) is 11.5 Å². The quantitative estimate of drug-likeness (QED) is 0.448. The van der Waals surface area contributed by atoms with E-state index in [4.69, 9.17) is 21.2 Å². The zero-order chi connectivity index (χ0) is 25.1. The van der Waals surface area contributed by atoms with Crippen molar-refractivity contribution in [3.63, 3.8) is 0 Å². The molecule has 2 aliphatic heterocycles. The molecule has 2 heterocycles. The number of rotatable bonds is 7. The van der Waals surface area contributed by atoms with Gasteiger partial charge in [0.25, 0.3) is 0 Å². The molecular formula is C27H30ClN3O4S. The Hall–Kier alpha value is -2.46. The Balaban J connectivity index is 1.29. The first kappa shape index (κ1) is 25.2. The standard InChI is InChI=1S/C27H30ClN3O4S/c1-29-27(22-8-5-9-25(18-22)35-24-12-10-23(28)11-13-24)26(20-34-29)36(32,33)31-16-14-30(15-17-31)19-21-6-3-2-4-7-21/h2-13,18,26-27H,14-17,19-20H2,1H3. The van der Waals surface area contributed by atoms with E-state index in [9.17, 15) is 8.42 Å². The average molecular weight is 528 g/mol. The Labute approximate surface area is 217 Å². The highest BCUT2D eigenvalue weighted by Gasteiger charge is 2.46. The van der Waals surface area contributed by atoms with E-state index in [1.165, 1.54) is 5.56 Å². The highest BCUT2D eigenvalue weighted by atomic mass is 35.5. The number of ether oxygens (including phenoxy) is 1. The van der Waals surface area contributed by atoms with Crippen molar-refractivity contribution in [2.45, 2.75) is 17.8 Å². The van der Waals surface area contributed by atoms with Crippen molar-refractivity contribution in [3.05, 3.63) is 95.0 Å². The first-order valence-electron chi connectivity index (χ1n) is 12.0. The molecule has 2 unspecified atom stereocenters. The average Bonchev–Trinajstić information content (AvgIpc) is 3.29. The van der Waals surface area contributed by atoms with Gasteiger partial charge in [-0.15, -0.1) is 0 Å². The highest BCUT2D eigenvalue weighted by Crippen LogP contribution is 2.37. The number of benzene rings is 3. The third-order valence-electron chi connectivity index (χ3n) is 6.76. The van der Waals surface area contributed by atoms with Gasteiger partial charge in [-0.1, -0.05) is 54.1 Å². The van der Waals surface area contributed by atoms with Crippen LogP contribution in [-0.2, 0) is 21.4 Å². The molecule has 0 saturated carbocycles. The molecule has 3 aromatic carbocycles. The number of nitrogens with zero attached hydrogens (tertiary/aromatic N) is 3. The molecule has 5 rings (SSSR count). The van der Waals surface area contributed by atoms with Gasteiger partial charge in [0.15, 0.2) is 0 Å². The summed E-state index contributed by atoms with van der Waals surface area (Å²) in [6.45, 7) is 3.30. The van der Waals surface area contributed by atoms with Crippen LogP contribution in [0.2, 0.25) is 5.02 Å². The lowest BCUT2D eigenvalue weighted by Crippen LogP contribution is -2.51. The third-order valence-corrected chi connectivity index (χ3v) is 9.25. The van der Waals surface area contributed by atoms with Crippen LogP contribution < -0.4 is 4.74 Å². The minimum Gasteiger partial charge on any atom is -0.457 e. The molecule has 0 aliphatic carbocycles. The predicted octanol–water partition coefficient (Wildman–Crippen LogP) is 4.57. The third kappa shape index (κ3) is 5.59. The molecule has 0 bridgehead atoms. The van der Waals surface area contributed by atoms with Gasteiger partial charge in [-0.2, -0.15) is 9.37 Å². The van der Waals surface area contributed by atoms with E-state index >= 15 is 0 Å². The molecule has 0 N–H and O–H groups in total. The zero-order valence-electron chi connectivity index (χ0n) is 20.2.